The zero-order chi connectivity index (χ0) is 12.4. The van der Waals surface area contributed by atoms with E-state index in [1.165, 1.54) is 64.3 Å². The van der Waals surface area contributed by atoms with E-state index in [1.54, 1.807) is 0 Å². The number of hydrogen-bond acceptors (Lipinski definition) is 2. The normalized spacial score (nSPS) is 39.5. The lowest BCUT2D eigenvalue weighted by Gasteiger charge is -2.38. The van der Waals surface area contributed by atoms with Gasteiger partial charge in [-0.2, -0.15) is 0 Å². The van der Waals surface area contributed by atoms with Gasteiger partial charge in [0, 0.05) is 18.1 Å². The zero-order valence-corrected chi connectivity index (χ0v) is 12.0. The van der Waals surface area contributed by atoms with Crippen LogP contribution < -0.4 is 10.6 Å². The lowest BCUT2D eigenvalue weighted by Crippen LogP contribution is -2.50. The van der Waals surface area contributed by atoms with E-state index >= 15 is 0 Å². The van der Waals surface area contributed by atoms with Crippen molar-refractivity contribution in [3.8, 4) is 0 Å². The van der Waals surface area contributed by atoms with Crippen molar-refractivity contribution in [1.82, 2.24) is 10.6 Å². The Bertz CT molecular complexity index is 256. The molecule has 2 heteroatoms. The van der Waals surface area contributed by atoms with Crippen molar-refractivity contribution in [2.45, 2.75) is 82.8 Å². The highest BCUT2D eigenvalue weighted by Gasteiger charge is 2.36. The third kappa shape index (κ3) is 2.75. The third-order valence-corrected chi connectivity index (χ3v) is 5.77. The summed E-state index contributed by atoms with van der Waals surface area (Å²) < 4.78 is 0. The van der Waals surface area contributed by atoms with Crippen molar-refractivity contribution < 1.29 is 0 Å². The standard InChI is InChI=1S/C16H30N2/c1-12(13-6-4-7-13)18-16-10-5-8-14(16)15-9-2-3-11-17-15/h12-18H,2-11H2,1H3. The molecule has 3 aliphatic rings. The van der Waals surface area contributed by atoms with Gasteiger partial charge in [0.2, 0.25) is 0 Å². The van der Waals surface area contributed by atoms with Crippen LogP contribution in [0.4, 0.5) is 0 Å². The molecule has 0 aromatic rings. The van der Waals surface area contributed by atoms with E-state index in [0.29, 0.717) is 0 Å². The van der Waals surface area contributed by atoms with E-state index in [4.69, 9.17) is 0 Å². The highest BCUT2D eigenvalue weighted by molar-refractivity contribution is 4.94. The molecular weight excluding hydrogens is 220 g/mol. The molecule has 2 N–H and O–H groups in total. The topological polar surface area (TPSA) is 24.1 Å². The van der Waals surface area contributed by atoms with Gasteiger partial charge in [-0.25, -0.2) is 0 Å². The average Bonchev–Trinajstić information content (AvgIpc) is 2.76. The van der Waals surface area contributed by atoms with Gasteiger partial charge in [-0.1, -0.05) is 19.3 Å². The van der Waals surface area contributed by atoms with Crippen molar-refractivity contribution >= 4 is 0 Å². The summed E-state index contributed by atoms with van der Waals surface area (Å²) in [6.07, 6.45) is 13.0. The Kier molecular flexibility index (Phi) is 4.25. The molecule has 0 amide bonds. The van der Waals surface area contributed by atoms with Crippen LogP contribution in [0.1, 0.15) is 64.7 Å². The van der Waals surface area contributed by atoms with E-state index < -0.39 is 0 Å². The van der Waals surface area contributed by atoms with Crippen molar-refractivity contribution in [1.29, 1.82) is 0 Å². The van der Waals surface area contributed by atoms with Crippen LogP contribution in [-0.2, 0) is 0 Å². The fraction of sp³-hybridized carbons (Fsp3) is 1.00. The lowest BCUT2D eigenvalue weighted by molar-refractivity contribution is 0.193. The maximum atomic E-state index is 3.99. The Morgan fingerprint density at radius 1 is 0.944 bits per heavy atom. The molecule has 0 radical (unpaired) electrons. The minimum atomic E-state index is 0.757. The minimum absolute atomic E-state index is 0.757. The Balaban J connectivity index is 1.53. The molecule has 2 nitrogen and oxygen atoms in total. The Hall–Kier alpha value is -0.0800. The maximum Gasteiger partial charge on any atom is 0.0113 e. The van der Waals surface area contributed by atoms with Gasteiger partial charge in [0.15, 0.2) is 0 Å². The second-order valence-corrected chi connectivity index (χ2v) is 6.90. The zero-order valence-electron chi connectivity index (χ0n) is 12.0. The summed E-state index contributed by atoms with van der Waals surface area (Å²) in [5.74, 6) is 1.89. The molecule has 1 heterocycles. The Morgan fingerprint density at radius 2 is 1.78 bits per heavy atom. The van der Waals surface area contributed by atoms with E-state index in [0.717, 1.165) is 30.0 Å². The van der Waals surface area contributed by atoms with E-state index in [1.807, 2.05) is 0 Å². The van der Waals surface area contributed by atoms with E-state index in [-0.39, 0.29) is 0 Å². The van der Waals surface area contributed by atoms with Crippen molar-refractivity contribution in [2.24, 2.45) is 11.8 Å². The molecule has 2 aliphatic carbocycles. The van der Waals surface area contributed by atoms with Crippen molar-refractivity contribution in [2.75, 3.05) is 6.54 Å². The molecule has 3 rings (SSSR count). The fourth-order valence-corrected chi connectivity index (χ4v) is 4.34. The maximum absolute atomic E-state index is 3.99. The number of nitrogens with one attached hydrogen (secondary N) is 2. The molecule has 0 aromatic heterocycles. The summed E-state index contributed by atoms with van der Waals surface area (Å²) in [6, 6.07) is 2.37. The van der Waals surface area contributed by atoms with Crippen LogP contribution in [0.3, 0.4) is 0 Å². The predicted molar refractivity (Wildman–Crippen MR) is 76.7 cm³/mol. The summed E-state index contributed by atoms with van der Waals surface area (Å²) in [5, 5.41) is 7.77. The van der Waals surface area contributed by atoms with Gasteiger partial charge in [-0.3, -0.25) is 0 Å². The second kappa shape index (κ2) is 5.92. The second-order valence-electron chi connectivity index (χ2n) is 6.90. The molecule has 4 unspecified atom stereocenters. The van der Waals surface area contributed by atoms with Gasteiger partial charge in [0.05, 0.1) is 0 Å². The van der Waals surface area contributed by atoms with Crippen LogP contribution in [0, 0.1) is 11.8 Å². The largest absolute Gasteiger partial charge is 0.314 e. The first-order valence-corrected chi connectivity index (χ1v) is 8.34. The molecule has 0 spiro atoms. The molecule has 4 atom stereocenters. The number of rotatable bonds is 4. The van der Waals surface area contributed by atoms with Crippen LogP contribution in [-0.4, -0.2) is 24.7 Å². The molecule has 104 valence electrons. The fourth-order valence-electron chi connectivity index (χ4n) is 4.34. The van der Waals surface area contributed by atoms with Crippen molar-refractivity contribution in [3.05, 3.63) is 0 Å². The Labute approximate surface area is 112 Å². The smallest absolute Gasteiger partial charge is 0.0113 e. The summed E-state index contributed by atoms with van der Waals surface area (Å²) in [4.78, 5) is 0. The first kappa shape index (κ1) is 12.9. The predicted octanol–water partition coefficient (Wildman–Crippen LogP) is 3.08. The monoisotopic (exact) mass is 250 g/mol. The third-order valence-electron chi connectivity index (χ3n) is 5.77. The van der Waals surface area contributed by atoms with Gasteiger partial charge >= 0.3 is 0 Å². The van der Waals surface area contributed by atoms with Crippen LogP contribution in [0.5, 0.6) is 0 Å². The molecule has 3 fully saturated rings. The summed E-state index contributed by atoms with van der Waals surface area (Å²) in [5.41, 5.74) is 0. The van der Waals surface area contributed by atoms with Crippen LogP contribution in [0.2, 0.25) is 0 Å². The first-order chi connectivity index (χ1) is 8.84. The van der Waals surface area contributed by atoms with Crippen LogP contribution >= 0.6 is 0 Å². The molecule has 0 aromatic carbocycles. The van der Waals surface area contributed by atoms with Crippen molar-refractivity contribution in [3.63, 3.8) is 0 Å². The lowest BCUT2D eigenvalue weighted by atomic mass is 9.79. The molecular formula is C16H30N2. The van der Waals surface area contributed by atoms with E-state index in [9.17, 15) is 0 Å². The van der Waals surface area contributed by atoms with Gasteiger partial charge in [0.1, 0.15) is 0 Å². The molecule has 1 saturated heterocycles. The molecule has 18 heavy (non-hydrogen) atoms. The van der Waals surface area contributed by atoms with Crippen LogP contribution in [0.15, 0.2) is 0 Å². The average molecular weight is 250 g/mol. The summed E-state index contributed by atoms with van der Waals surface area (Å²) in [7, 11) is 0. The summed E-state index contributed by atoms with van der Waals surface area (Å²) >= 11 is 0. The Morgan fingerprint density at radius 3 is 2.44 bits per heavy atom. The van der Waals surface area contributed by atoms with Gasteiger partial charge in [-0.05, 0) is 63.8 Å². The minimum Gasteiger partial charge on any atom is -0.314 e. The highest BCUT2D eigenvalue weighted by Crippen LogP contribution is 2.34. The number of piperidine rings is 1. The van der Waals surface area contributed by atoms with Gasteiger partial charge < -0.3 is 10.6 Å². The van der Waals surface area contributed by atoms with Gasteiger partial charge in [0.25, 0.3) is 0 Å². The summed E-state index contributed by atoms with van der Waals surface area (Å²) in [6.45, 7) is 3.68. The van der Waals surface area contributed by atoms with Gasteiger partial charge in [-0.15, -0.1) is 0 Å². The first-order valence-electron chi connectivity index (χ1n) is 8.34. The number of hydrogen-bond donors (Lipinski definition) is 2. The quantitative estimate of drug-likeness (QED) is 0.801. The molecule has 1 aliphatic heterocycles. The van der Waals surface area contributed by atoms with E-state index in [2.05, 4.69) is 17.6 Å². The van der Waals surface area contributed by atoms with Crippen LogP contribution in [0.25, 0.3) is 0 Å². The highest BCUT2D eigenvalue weighted by atomic mass is 15.0. The molecule has 2 saturated carbocycles. The SMILES string of the molecule is CC(NC1CCCC1C1CCCCN1)C1CCC1. The molecule has 0 bridgehead atoms.